The van der Waals surface area contributed by atoms with Gasteiger partial charge in [-0.2, -0.15) is 0 Å². The Morgan fingerprint density at radius 3 is 2.19 bits per heavy atom. The fourth-order valence-electron chi connectivity index (χ4n) is 1.83. The monoisotopic (exact) mass is 225 g/mol. The Hall–Kier alpha value is -0.900. The van der Waals surface area contributed by atoms with Gasteiger partial charge in [-0.15, -0.1) is 0 Å². The third-order valence-electron chi connectivity index (χ3n) is 2.58. The summed E-state index contributed by atoms with van der Waals surface area (Å²) in [5.41, 5.74) is 3.02. The number of para-hydroxylation sites is 1. The van der Waals surface area contributed by atoms with Gasteiger partial charge in [0.05, 0.1) is 27.7 Å². The minimum absolute atomic E-state index is 1.05. The van der Waals surface area contributed by atoms with Crippen molar-refractivity contribution in [3.05, 3.63) is 29.8 Å². The molecule has 0 saturated heterocycles. The Bertz CT molecular complexity index is 298. The second-order valence-electron chi connectivity index (χ2n) is 4.02. The number of quaternary nitrogens is 1. The van der Waals surface area contributed by atoms with Crippen LogP contribution in [0.25, 0.3) is 0 Å². The summed E-state index contributed by atoms with van der Waals surface area (Å²) in [6.07, 6.45) is 1.24. The molecule has 0 fully saturated rings. The molecular weight excluding hydrogens is 200 g/mol. The van der Waals surface area contributed by atoms with Gasteiger partial charge in [0.15, 0.2) is 0 Å². The first-order chi connectivity index (χ1) is 7.61. The van der Waals surface area contributed by atoms with Crippen LogP contribution in [-0.4, -0.2) is 27.7 Å². The summed E-state index contributed by atoms with van der Waals surface area (Å²) in [4.78, 5) is 3.75. The maximum atomic E-state index is 4.35. The molecule has 2 rings (SSSR count). The lowest BCUT2D eigenvalue weighted by atomic mass is 10.2. The third kappa shape index (κ3) is 3.93. The van der Waals surface area contributed by atoms with Crippen LogP contribution in [0.1, 0.15) is 19.4 Å². The maximum Gasteiger partial charge on any atom is 0.135 e. The molecule has 1 aromatic carbocycles. The molecule has 1 aromatic rings. The van der Waals surface area contributed by atoms with Crippen molar-refractivity contribution in [2.24, 2.45) is 5.90 Å². The van der Waals surface area contributed by atoms with Crippen LogP contribution in [0, 0.1) is 0 Å². The van der Waals surface area contributed by atoms with Crippen LogP contribution in [0.5, 0.6) is 0 Å². The predicted octanol–water partition coefficient (Wildman–Crippen LogP) is 2.34. The van der Waals surface area contributed by atoms with E-state index >= 15 is 0 Å². The molecule has 3 nitrogen and oxygen atoms in total. The van der Waals surface area contributed by atoms with E-state index in [1.807, 2.05) is 13.8 Å². The number of fused-ring (bicyclic) bond motifs is 1. The first-order valence-electron chi connectivity index (χ1n) is 5.76. The van der Waals surface area contributed by atoms with Crippen molar-refractivity contribution in [1.82, 2.24) is 4.48 Å². The smallest absolute Gasteiger partial charge is 0.135 e. The highest BCUT2D eigenvalue weighted by Gasteiger charge is 2.28. The second kappa shape index (κ2) is 7.39. The lowest BCUT2D eigenvalue weighted by Gasteiger charge is -2.23. The number of nitrogens with two attached hydrogens (primary N) is 1. The summed E-state index contributed by atoms with van der Waals surface area (Å²) in [5.74, 6) is 4.35. The van der Waals surface area contributed by atoms with Gasteiger partial charge in [0, 0.05) is 12.0 Å². The maximum absolute atomic E-state index is 4.35. The van der Waals surface area contributed by atoms with E-state index in [2.05, 4.69) is 49.1 Å². The summed E-state index contributed by atoms with van der Waals surface area (Å²) in [6.45, 7) is 5.25. The van der Waals surface area contributed by atoms with Gasteiger partial charge in [0.2, 0.25) is 0 Å². The highest BCUT2D eigenvalue weighted by molar-refractivity contribution is 5.53. The molecule has 3 heteroatoms. The van der Waals surface area contributed by atoms with E-state index in [-0.39, 0.29) is 0 Å². The Morgan fingerprint density at radius 2 is 1.69 bits per heavy atom. The van der Waals surface area contributed by atoms with Crippen LogP contribution in [0.4, 0.5) is 5.69 Å². The van der Waals surface area contributed by atoms with Crippen LogP contribution >= 0.6 is 0 Å². The standard InChI is InChI=1S/C10H14N.C2H6.CH5NO/c1-11(2)8-7-9-5-3-4-6-10(9)11;1-2;1-3-2/h3-6H,7-8H2,1-2H3;1-2H3;2H2,1H3/q+1;;. The minimum Gasteiger partial charge on any atom is -0.308 e. The van der Waals surface area contributed by atoms with Crippen molar-refractivity contribution in [2.75, 3.05) is 27.7 Å². The van der Waals surface area contributed by atoms with E-state index in [0.29, 0.717) is 0 Å². The molecule has 0 spiro atoms. The lowest BCUT2D eigenvalue weighted by molar-refractivity contribution is 0.206. The van der Waals surface area contributed by atoms with Crippen LogP contribution < -0.4 is 10.4 Å². The lowest BCUT2D eigenvalue weighted by Crippen LogP contribution is -2.37. The Balaban J connectivity index is 0.000000394. The zero-order chi connectivity index (χ0) is 12.6. The second-order valence-corrected chi connectivity index (χ2v) is 4.02. The summed E-state index contributed by atoms with van der Waals surface area (Å²) in [5, 5.41) is 0. The van der Waals surface area contributed by atoms with Crippen LogP contribution in [0.2, 0.25) is 0 Å². The molecule has 0 atom stereocenters. The highest BCUT2D eigenvalue weighted by Crippen LogP contribution is 2.30. The predicted molar refractivity (Wildman–Crippen MR) is 71.2 cm³/mol. The molecule has 2 N–H and O–H groups in total. The number of hydrogen-bond donors (Lipinski definition) is 1. The van der Waals surface area contributed by atoms with Gasteiger partial charge in [-0.3, -0.25) is 4.48 Å². The topological polar surface area (TPSA) is 35.2 Å². The summed E-state index contributed by atoms with van der Waals surface area (Å²) < 4.78 is 1.05. The highest BCUT2D eigenvalue weighted by atomic mass is 16.6. The minimum atomic E-state index is 1.05. The van der Waals surface area contributed by atoms with Gasteiger partial charge in [-0.25, -0.2) is 5.90 Å². The number of benzene rings is 1. The summed E-state index contributed by atoms with van der Waals surface area (Å²) in [7, 11) is 5.94. The molecule has 0 bridgehead atoms. The molecule has 0 saturated carbocycles. The zero-order valence-corrected chi connectivity index (χ0v) is 11.2. The molecule has 1 heterocycles. The molecule has 0 aromatic heterocycles. The quantitative estimate of drug-likeness (QED) is 0.543. The van der Waals surface area contributed by atoms with Gasteiger partial charge in [0.1, 0.15) is 5.69 Å². The normalized spacial score (nSPS) is 15.1. The molecule has 92 valence electrons. The SMILES string of the molecule is CC.CON.C[N+]1(C)CCc2ccccc21. The Kier molecular flexibility index (Phi) is 6.97. The number of rotatable bonds is 0. The average molecular weight is 225 g/mol. The largest absolute Gasteiger partial charge is 0.308 e. The van der Waals surface area contributed by atoms with Crippen molar-refractivity contribution < 1.29 is 4.84 Å². The fourth-order valence-corrected chi connectivity index (χ4v) is 1.83. The van der Waals surface area contributed by atoms with E-state index < -0.39 is 0 Å². The first-order valence-corrected chi connectivity index (χ1v) is 5.76. The molecule has 16 heavy (non-hydrogen) atoms. The van der Waals surface area contributed by atoms with Crippen molar-refractivity contribution in [3.63, 3.8) is 0 Å². The van der Waals surface area contributed by atoms with Crippen molar-refractivity contribution >= 4 is 5.69 Å². The summed E-state index contributed by atoms with van der Waals surface area (Å²) in [6, 6.07) is 8.74. The Morgan fingerprint density at radius 1 is 1.19 bits per heavy atom. The van der Waals surface area contributed by atoms with E-state index in [1.165, 1.54) is 31.3 Å². The van der Waals surface area contributed by atoms with Crippen molar-refractivity contribution in [1.29, 1.82) is 0 Å². The van der Waals surface area contributed by atoms with Gasteiger partial charge in [0.25, 0.3) is 0 Å². The number of nitrogens with zero attached hydrogens (tertiary/aromatic N) is 1. The van der Waals surface area contributed by atoms with Crippen LogP contribution in [0.3, 0.4) is 0 Å². The van der Waals surface area contributed by atoms with E-state index in [4.69, 9.17) is 0 Å². The molecule has 0 radical (unpaired) electrons. The van der Waals surface area contributed by atoms with Gasteiger partial charge in [-0.1, -0.05) is 32.0 Å². The van der Waals surface area contributed by atoms with Crippen LogP contribution in [-0.2, 0) is 11.3 Å². The van der Waals surface area contributed by atoms with E-state index in [9.17, 15) is 0 Å². The molecular formula is C13H25N2O+. The van der Waals surface area contributed by atoms with Crippen LogP contribution in [0.15, 0.2) is 24.3 Å². The third-order valence-corrected chi connectivity index (χ3v) is 2.58. The van der Waals surface area contributed by atoms with Gasteiger partial charge in [-0.05, 0) is 6.07 Å². The average Bonchev–Trinajstić information content (AvgIpc) is 2.60. The van der Waals surface area contributed by atoms with Gasteiger partial charge < -0.3 is 4.84 Å². The fraction of sp³-hybridized carbons (Fsp3) is 0.538. The van der Waals surface area contributed by atoms with Gasteiger partial charge >= 0.3 is 0 Å². The van der Waals surface area contributed by atoms with E-state index in [1.54, 1.807) is 0 Å². The molecule has 0 unspecified atom stereocenters. The number of hydrogen-bond acceptors (Lipinski definition) is 2. The zero-order valence-electron chi connectivity index (χ0n) is 11.2. The van der Waals surface area contributed by atoms with Crippen molar-refractivity contribution in [2.45, 2.75) is 20.3 Å². The Labute approximate surface area is 99.4 Å². The molecule has 1 aliphatic rings. The van der Waals surface area contributed by atoms with E-state index in [0.717, 1.165) is 4.48 Å². The molecule has 1 aliphatic heterocycles. The molecule has 0 amide bonds. The summed E-state index contributed by atoms with van der Waals surface area (Å²) >= 11 is 0. The first kappa shape index (κ1) is 15.1. The van der Waals surface area contributed by atoms with Crippen molar-refractivity contribution in [3.8, 4) is 0 Å². The number of likely N-dealkylation sites (N-methyl/N-ethyl adjacent to an activating group) is 1. The molecule has 0 aliphatic carbocycles.